The topological polar surface area (TPSA) is 48.5 Å². The van der Waals surface area contributed by atoms with Crippen LogP contribution in [0, 0.1) is 5.92 Å². The predicted molar refractivity (Wildman–Crippen MR) is 132 cm³/mol. The first-order valence-electron chi connectivity index (χ1n) is 11.7. The molecule has 172 valence electrons. The lowest BCUT2D eigenvalue weighted by molar-refractivity contribution is 0.0910. The number of piperidine rings is 1. The Kier molecular flexibility index (Phi) is 8.28. The Morgan fingerprint density at radius 3 is 2.56 bits per heavy atom. The van der Waals surface area contributed by atoms with Gasteiger partial charge in [0.25, 0.3) is 5.91 Å². The molecule has 0 spiro atoms. The second kappa shape index (κ2) is 11.4. The van der Waals surface area contributed by atoms with Crippen molar-refractivity contribution in [3.63, 3.8) is 0 Å². The van der Waals surface area contributed by atoms with Crippen molar-refractivity contribution in [2.75, 3.05) is 37.6 Å². The summed E-state index contributed by atoms with van der Waals surface area (Å²) in [6.07, 6.45) is 9.11. The summed E-state index contributed by atoms with van der Waals surface area (Å²) in [7, 11) is 0. The fraction of sp³-hybridized carbons (Fsp3) is 0.520. The first-order chi connectivity index (χ1) is 15.6. The minimum Gasteiger partial charge on any atom is -0.355 e. The Hall–Kier alpha value is -1.82. The molecule has 0 aliphatic carbocycles. The number of carbonyl (C=O) groups is 1. The van der Waals surface area contributed by atoms with Gasteiger partial charge in [0, 0.05) is 35.9 Å². The summed E-state index contributed by atoms with van der Waals surface area (Å²) in [6, 6.07) is 11.0. The van der Waals surface area contributed by atoms with Gasteiger partial charge in [-0.05, 0) is 81.6 Å². The van der Waals surface area contributed by atoms with Crippen molar-refractivity contribution in [1.29, 1.82) is 0 Å². The van der Waals surface area contributed by atoms with E-state index in [0.717, 1.165) is 38.3 Å². The summed E-state index contributed by atoms with van der Waals surface area (Å²) in [5, 5.41) is 4.52. The highest BCUT2D eigenvalue weighted by Crippen LogP contribution is 2.26. The number of halogens is 2. The van der Waals surface area contributed by atoms with E-state index in [2.05, 4.69) is 20.1 Å². The van der Waals surface area contributed by atoms with E-state index in [1.807, 2.05) is 24.3 Å². The molecule has 2 saturated heterocycles. The van der Waals surface area contributed by atoms with Crippen molar-refractivity contribution in [1.82, 2.24) is 15.2 Å². The van der Waals surface area contributed by atoms with Crippen LogP contribution in [0.2, 0.25) is 10.0 Å². The van der Waals surface area contributed by atoms with Crippen LogP contribution in [0.15, 0.2) is 42.6 Å². The molecule has 2 aliphatic rings. The van der Waals surface area contributed by atoms with Gasteiger partial charge in [-0.2, -0.15) is 0 Å². The maximum atomic E-state index is 13.0. The number of pyridine rings is 1. The zero-order valence-corrected chi connectivity index (χ0v) is 20.0. The Morgan fingerprint density at radius 2 is 1.84 bits per heavy atom. The van der Waals surface area contributed by atoms with E-state index in [9.17, 15) is 4.79 Å². The number of likely N-dealkylation sites (tertiary alicyclic amines) is 1. The van der Waals surface area contributed by atoms with Crippen LogP contribution < -0.4 is 10.2 Å². The lowest BCUT2D eigenvalue weighted by Crippen LogP contribution is -2.53. The Morgan fingerprint density at radius 1 is 1.03 bits per heavy atom. The number of hydrogen-bond acceptors (Lipinski definition) is 4. The predicted octanol–water partition coefficient (Wildman–Crippen LogP) is 5.28. The molecule has 4 rings (SSSR count). The van der Waals surface area contributed by atoms with Crippen LogP contribution in [0.3, 0.4) is 0 Å². The summed E-state index contributed by atoms with van der Waals surface area (Å²) >= 11 is 12.1. The Labute approximate surface area is 201 Å². The summed E-state index contributed by atoms with van der Waals surface area (Å²) in [4.78, 5) is 22.4. The van der Waals surface area contributed by atoms with E-state index >= 15 is 0 Å². The van der Waals surface area contributed by atoms with Crippen molar-refractivity contribution in [3.8, 4) is 0 Å². The van der Waals surface area contributed by atoms with Crippen LogP contribution in [0.4, 0.5) is 5.82 Å². The standard InChI is InChI=1S/C25H32Cl2N4O/c26-21-7-5-6-20(16-21)25(32)29-23-18-31(24-9-8-22(27)17-28-24)15-11-19(23)10-14-30-12-3-1-2-4-13-30/h5-9,16-17,19,23H,1-4,10-15,18H2,(H,29,32). The van der Waals surface area contributed by atoms with Crippen LogP contribution in [0.5, 0.6) is 0 Å². The van der Waals surface area contributed by atoms with Gasteiger partial charge in [-0.1, -0.05) is 42.1 Å². The third kappa shape index (κ3) is 6.37. The highest BCUT2D eigenvalue weighted by molar-refractivity contribution is 6.31. The number of nitrogens with zero attached hydrogens (tertiary/aromatic N) is 3. The zero-order valence-electron chi connectivity index (χ0n) is 18.5. The number of amides is 1. The van der Waals surface area contributed by atoms with E-state index in [4.69, 9.17) is 23.2 Å². The molecule has 2 aliphatic heterocycles. The maximum absolute atomic E-state index is 13.0. The molecule has 1 aromatic heterocycles. The van der Waals surface area contributed by atoms with E-state index in [1.54, 1.807) is 18.3 Å². The van der Waals surface area contributed by atoms with E-state index in [0.29, 0.717) is 21.5 Å². The van der Waals surface area contributed by atoms with Gasteiger partial charge in [-0.15, -0.1) is 0 Å². The summed E-state index contributed by atoms with van der Waals surface area (Å²) in [6.45, 7) is 5.18. The van der Waals surface area contributed by atoms with Crippen molar-refractivity contribution < 1.29 is 4.79 Å². The summed E-state index contributed by atoms with van der Waals surface area (Å²) in [5.41, 5.74) is 0.602. The average molecular weight is 475 g/mol. The van der Waals surface area contributed by atoms with Gasteiger partial charge in [0.05, 0.1) is 5.02 Å². The van der Waals surface area contributed by atoms with Crippen molar-refractivity contribution >= 4 is 34.9 Å². The Bertz CT molecular complexity index is 884. The first-order valence-corrected chi connectivity index (χ1v) is 12.5. The van der Waals surface area contributed by atoms with Gasteiger partial charge < -0.3 is 15.1 Å². The SMILES string of the molecule is O=C(NC1CN(c2ccc(Cl)cn2)CCC1CCN1CCCCCC1)c1cccc(Cl)c1. The third-order valence-corrected chi connectivity index (χ3v) is 7.17. The van der Waals surface area contributed by atoms with Crippen LogP contribution in [-0.2, 0) is 0 Å². The normalized spacial score (nSPS) is 22.4. The molecule has 2 atom stereocenters. The van der Waals surface area contributed by atoms with Gasteiger partial charge in [0.2, 0.25) is 0 Å². The fourth-order valence-corrected chi connectivity index (χ4v) is 5.16. The quantitative estimate of drug-likeness (QED) is 0.618. The van der Waals surface area contributed by atoms with Crippen LogP contribution >= 0.6 is 23.2 Å². The highest BCUT2D eigenvalue weighted by Gasteiger charge is 2.31. The Balaban J connectivity index is 1.45. The third-order valence-electron chi connectivity index (χ3n) is 6.71. The molecule has 0 saturated carbocycles. The molecule has 32 heavy (non-hydrogen) atoms. The molecule has 2 aromatic rings. The number of carbonyl (C=O) groups excluding carboxylic acids is 1. The van der Waals surface area contributed by atoms with Crippen molar-refractivity contribution in [2.45, 2.75) is 44.6 Å². The summed E-state index contributed by atoms with van der Waals surface area (Å²) in [5.74, 6) is 1.27. The van der Waals surface area contributed by atoms with E-state index in [-0.39, 0.29) is 11.9 Å². The number of hydrogen-bond donors (Lipinski definition) is 1. The van der Waals surface area contributed by atoms with Crippen LogP contribution in [0.25, 0.3) is 0 Å². The molecular weight excluding hydrogens is 443 g/mol. The number of rotatable bonds is 6. The van der Waals surface area contributed by atoms with Gasteiger partial charge in [-0.3, -0.25) is 4.79 Å². The molecule has 0 bridgehead atoms. The molecule has 0 radical (unpaired) electrons. The molecular formula is C25H32Cl2N4O. The van der Waals surface area contributed by atoms with Crippen molar-refractivity contribution in [3.05, 3.63) is 58.2 Å². The lowest BCUT2D eigenvalue weighted by Gasteiger charge is -2.40. The fourth-order valence-electron chi connectivity index (χ4n) is 4.86. The van der Waals surface area contributed by atoms with Gasteiger partial charge >= 0.3 is 0 Å². The molecule has 2 unspecified atom stereocenters. The van der Waals surface area contributed by atoms with Crippen LogP contribution in [0.1, 0.15) is 48.9 Å². The second-order valence-electron chi connectivity index (χ2n) is 8.96. The molecule has 1 amide bonds. The lowest BCUT2D eigenvalue weighted by atomic mass is 9.88. The number of nitrogens with one attached hydrogen (secondary N) is 1. The second-order valence-corrected chi connectivity index (χ2v) is 9.84. The molecule has 3 heterocycles. The number of benzene rings is 1. The number of anilines is 1. The molecule has 1 aromatic carbocycles. The van der Waals surface area contributed by atoms with Crippen molar-refractivity contribution in [2.24, 2.45) is 5.92 Å². The number of aromatic nitrogens is 1. The maximum Gasteiger partial charge on any atom is 0.251 e. The largest absolute Gasteiger partial charge is 0.355 e. The van der Waals surface area contributed by atoms with E-state index < -0.39 is 0 Å². The highest BCUT2D eigenvalue weighted by atomic mass is 35.5. The van der Waals surface area contributed by atoms with Crippen LogP contribution in [-0.4, -0.2) is 54.6 Å². The molecule has 2 fully saturated rings. The minimum absolute atomic E-state index is 0.0553. The van der Waals surface area contributed by atoms with Gasteiger partial charge in [0.15, 0.2) is 0 Å². The van der Waals surface area contributed by atoms with Gasteiger partial charge in [-0.25, -0.2) is 4.98 Å². The molecule has 7 heteroatoms. The summed E-state index contributed by atoms with van der Waals surface area (Å²) < 4.78 is 0. The zero-order chi connectivity index (χ0) is 22.3. The van der Waals surface area contributed by atoms with E-state index in [1.165, 1.54) is 38.8 Å². The average Bonchev–Trinajstić information content (AvgIpc) is 3.07. The van der Waals surface area contributed by atoms with Gasteiger partial charge in [0.1, 0.15) is 5.82 Å². The smallest absolute Gasteiger partial charge is 0.251 e. The minimum atomic E-state index is -0.0665. The monoisotopic (exact) mass is 474 g/mol. The first kappa shape index (κ1) is 23.3. The molecule has 1 N–H and O–H groups in total. The molecule has 5 nitrogen and oxygen atoms in total.